The van der Waals surface area contributed by atoms with Gasteiger partial charge in [0.25, 0.3) is 5.91 Å². The first-order chi connectivity index (χ1) is 7.56. The third-order valence-corrected chi connectivity index (χ3v) is 2.71. The molecule has 1 amide bonds. The summed E-state index contributed by atoms with van der Waals surface area (Å²) < 4.78 is 13.3. The summed E-state index contributed by atoms with van der Waals surface area (Å²) in [4.78, 5) is 11.6. The van der Waals surface area contributed by atoms with E-state index in [2.05, 4.69) is 5.32 Å². The number of nitrogens with one attached hydrogen (secondary N) is 1. The van der Waals surface area contributed by atoms with Crippen molar-refractivity contribution < 1.29 is 14.3 Å². The highest BCUT2D eigenvalue weighted by Gasteiger charge is 2.28. The third-order valence-electron chi connectivity index (χ3n) is 2.71. The zero-order valence-corrected chi connectivity index (χ0v) is 8.61. The van der Waals surface area contributed by atoms with Crippen molar-refractivity contribution in [2.75, 3.05) is 0 Å². The lowest BCUT2D eigenvalue weighted by Crippen LogP contribution is -2.50. The summed E-state index contributed by atoms with van der Waals surface area (Å²) in [5, 5.41) is 11.7. The third kappa shape index (κ3) is 2.14. The molecule has 0 aromatic heterocycles. The van der Waals surface area contributed by atoms with Crippen LogP contribution in [0.5, 0.6) is 5.75 Å². The maximum atomic E-state index is 13.3. The predicted molar refractivity (Wildman–Crippen MR) is 56.5 cm³/mol. The van der Waals surface area contributed by atoms with E-state index in [4.69, 9.17) is 10.8 Å². The maximum absolute atomic E-state index is 13.3. The Morgan fingerprint density at radius 2 is 2.19 bits per heavy atom. The van der Waals surface area contributed by atoms with Crippen LogP contribution in [0.15, 0.2) is 18.2 Å². The molecule has 5 heteroatoms. The topological polar surface area (TPSA) is 75.3 Å². The number of hydrogen-bond donors (Lipinski definition) is 3. The van der Waals surface area contributed by atoms with Crippen molar-refractivity contribution >= 4 is 5.91 Å². The SMILES string of the molecule is NC1CC(NC(=O)c2ccc(O)cc2F)C1. The second-order valence-electron chi connectivity index (χ2n) is 4.07. The molecule has 0 heterocycles. The van der Waals surface area contributed by atoms with Gasteiger partial charge in [0, 0.05) is 18.2 Å². The average molecular weight is 224 g/mol. The van der Waals surface area contributed by atoms with Crippen LogP contribution in [0.1, 0.15) is 23.2 Å². The maximum Gasteiger partial charge on any atom is 0.254 e. The van der Waals surface area contributed by atoms with E-state index in [0.29, 0.717) is 0 Å². The first-order valence-electron chi connectivity index (χ1n) is 5.11. The molecular weight excluding hydrogens is 211 g/mol. The van der Waals surface area contributed by atoms with Crippen molar-refractivity contribution in [3.05, 3.63) is 29.6 Å². The number of aromatic hydroxyl groups is 1. The summed E-state index contributed by atoms with van der Waals surface area (Å²) in [6, 6.07) is 3.63. The average Bonchev–Trinajstić information content (AvgIpc) is 2.15. The Bertz CT molecular complexity index is 416. The molecule has 4 N–H and O–H groups in total. The fourth-order valence-corrected chi connectivity index (χ4v) is 1.73. The van der Waals surface area contributed by atoms with Crippen LogP contribution in [0.25, 0.3) is 0 Å². The van der Waals surface area contributed by atoms with Gasteiger partial charge in [0.05, 0.1) is 5.56 Å². The summed E-state index contributed by atoms with van der Waals surface area (Å²) >= 11 is 0. The number of phenolic OH excluding ortho intramolecular Hbond substituents is 1. The second kappa shape index (κ2) is 4.09. The fourth-order valence-electron chi connectivity index (χ4n) is 1.73. The van der Waals surface area contributed by atoms with E-state index in [1.165, 1.54) is 12.1 Å². The van der Waals surface area contributed by atoms with Gasteiger partial charge in [-0.05, 0) is 25.0 Å². The highest BCUT2D eigenvalue weighted by Crippen LogP contribution is 2.19. The minimum Gasteiger partial charge on any atom is -0.508 e. The van der Waals surface area contributed by atoms with Gasteiger partial charge in [-0.3, -0.25) is 4.79 Å². The van der Waals surface area contributed by atoms with E-state index >= 15 is 0 Å². The summed E-state index contributed by atoms with van der Waals surface area (Å²) in [7, 11) is 0. The van der Waals surface area contributed by atoms with Gasteiger partial charge in [-0.15, -0.1) is 0 Å². The lowest BCUT2D eigenvalue weighted by atomic mass is 9.87. The van der Waals surface area contributed by atoms with Gasteiger partial charge < -0.3 is 16.2 Å². The van der Waals surface area contributed by atoms with Crippen LogP contribution in [-0.4, -0.2) is 23.1 Å². The number of carbonyl (C=O) groups excluding carboxylic acids is 1. The monoisotopic (exact) mass is 224 g/mol. The van der Waals surface area contributed by atoms with Crippen LogP contribution in [0.2, 0.25) is 0 Å². The van der Waals surface area contributed by atoms with Gasteiger partial charge >= 0.3 is 0 Å². The standard InChI is InChI=1S/C11H13FN2O2/c12-10-5-8(15)1-2-9(10)11(16)14-7-3-6(13)4-7/h1-2,5-7,15H,3-4,13H2,(H,14,16). The molecule has 2 rings (SSSR count). The summed E-state index contributed by atoms with van der Waals surface area (Å²) in [5.41, 5.74) is 5.52. The van der Waals surface area contributed by atoms with Crippen molar-refractivity contribution in [1.82, 2.24) is 5.32 Å². The molecule has 0 atom stereocenters. The van der Waals surface area contributed by atoms with Crippen LogP contribution in [-0.2, 0) is 0 Å². The van der Waals surface area contributed by atoms with Crippen molar-refractivity contribution in [2.45, 2.75) is 24.9 Å². The molecule has 1 fully saturated rings. The van der Waals surface area contributed by atoms with Gasteiger partial charge in [0.15, 0.2) is 0 Å². The molecule has 1 aliphatic carbocycles. The van der Waals surface area contributed by atoms with Crippen molar-refractivity contribution in [2.24, 2.45) is 5.73 Å². The first-order valence-corrected chi connectivity index (χ1v) is 5.11. The van der Waals surface area contributed by atoms with Crippen LogP contribution in [0.4, 0.5) is 4.39 Å². The Hall–Kier alpha value is -1.62. The summed E-state index contributed by atoms with van der Waals surface area (Å²) in [6.07, 6.45) is 1.46. The number of benzene rings is 1. The molecule has 1 aromatic rings. The Labute approximate surface area is 92.3 Å². The van der Waals surface area contributed by atoms with Gasteiger partial charge in [0.2, 0.25) is 0 Å². The molecule has 1 aromatic carbocycles. The van der Waals surface area contributed by atoms with Gasteiger partial charge in [-0.1, -0.05) is 0 Å². The molecule has 0 unspecified atom stereocenters. The zero-order valence-electron chi connectivity index (χ0n) is 8.61. The Morgan fingerprint density at radius 3 is 2.75 bits per heavy atom. The van der Waals surface area contributed by atoms with Gasteiger partial charge in [0.1, 0.15) is 11.6 Å². The zero-order chi connectivity index (χ0) is 11.7. The highest BCUT2D eigenvalue weighted by atomic mass is 19.1. The number of nitrogens with two attached hydrogens (primary N) is 1. The van der Waals surface area contributed by atoms with Crippen molar-refractivity contribution in [3.8, 4) is 5.75 Å². The van der Waals surface area contributed by atoms with Crippen LogP contribution >= 0.6 is 0 Å². The molecule has 0 aliphatic heterocycles. The van der Waals surface area contributed by atoms with E-state index < -0.39 is 11.7 Å². The number of amides is 1. The molecule has 86 valence electrons. The number of halogens is 1. The van der Waals surface area contributed by atoms with Crippen LogP contribution < -0.4 is 11.1 Å². The molecule has 16 heavy (non-hydrogen) atoms. The predicted octanol–water partition coefficient (Wildman–Crippen LogP) is 0.751. The number of carbonyl (C=O) groups is 1. The number of rotatable bonds is 2. The molecule has 0 saturated heterocycles. The Kier molecular flexibility index (Phi) is 2.78. The van der Waals surface area contributed by atoms with E-state index in [1.54, 1.807) is 0 Å². The van der Waals surface area contributed by atoms with E-state index in [0.717, 1.165) is 18.9 Å². The van der Waals surface area contributed by atoms with Crippen molar-refractivity contribution in [1.29, 1.82) is 0 Å². The normalized spacial score (nSPS) is 23.6. The molecule has 4 nitrogen and oxygen atoms in total. The van der Waals surface area contributed by atoms with Crippen molar-refractivity contribution in [3.63, 3.8) is 0 Å². The number of hydrogen-bond acceptors (Lipinski definition) is 3. The minimum atomic E-state index is -0.721. The van der Waals surface area contributed by atoms with E-state index in [9.17, 15) is 9.18 Å². The van der Waals surface area contributed by atoms with E-state index in [1.807, 2.05) is 0 Å². The van der Waals surface area contributed by atoms with Gasteiger partial charge in [-0.2, -0.15) is 0 Å². The smallest absolute Gasteiger partial charge is 0.254 e. The molecule has 1 saturated carbocycles. The highest BCUT2D eigenvalue weighted by molar-refractivity contribution is 5.94. The lowest BCUT2D eigenvalue weighted by molar-refractivity contribution is 0.0906. The molecule has 0 spiro atoms. The minimum absolute atomic E-state index is 0.0377. The van der Waals surface area contributed by atoms with Crippen LogP contribution in [0, 0.1) is 5.82 Å². The molecule has 0 bridgehead atoms. The van der Waals surface area contributed by atoms with Gasteiger partial charge in [-0.25, -0.2) is 4.39 Å². The Balaban J connectivity index is 2.03. The quantitative estimate of drug-likeness (QED) is 0.694. The largest absolute Gasteiger partial charge is 0.508 e. The summed E-state index contributed by atoms with van der Waals surface area (Å²) in [5.74, 6) is -1.38. The second-order valence-corrected chi connectivity index (χ2v) is 4.07. The van der Waals surface area contributed by atoms with E-state index in [-0.39, 0.29) is 23.4 Å². The summed E-state index contributed by atoms with van der Waals surface area (Å²) in [6.45, 7) is 0. The first kappa shape index (κ1) is 10.9. The molecule has 0 radical (unpaired) electrons. The van der Waals surface area contributed by atoms with Crippen LogP contribution in [0.3, 0.4) is 0 Å². The molecular formula is C11H13FN2O2. The molecule has 1 aliphatic rings. The number of phenols is 1. The lowest BCUT2D eigenvalue weighted by Gasteiger charge is -2.32. The fraction of sp³-hybridized carbons (Fsp3) is 0.364. The Morgan fingerprint density at radius 1 is 1.50 bits per heavy atom.